The fourth-order valence-electron chi connectivity index (χ4n) is 6.68. The number of hydrogen-bond donors (Lipinski definition) is 4. The summed E-state index contributed by atoms with van der Waals surface area (Å²) in [5.41, 5.74) is -1.21. The molecule has 4 N–H and O–H groups in total. The monoisotopic (exact) mass is 712 g/mol. The topological polar surface area (TPSA) is 183 Å². The van der Waals surface area contributed by atoms with Gasteiger partial charge in [-0.3, -0.25) is 28.8 Å². The normalized spacial score (nSPS) is 20.8. The Labute approximate surface area is 301 Å². The van der Waals surface area contributed by atoms with Crippen molar-refractivity contribution in [2.75, 3.05) is 27.2 Å². The molecule has 0 spiro atoms. The van der Waals surface area contributed by atoms with Crippen LogP contribution in [0.3, 0.4) is 0 Å². The van der Waals surface area contributed by atoms with E-state index in [4.69, 9.17) is 4.74 Å². The number of ketones is 1. The number of likely N-dealkylation sites (tertiary alicyclic amines) is 1. The van der Waals surface area contributed by atoms with Crippen LogP contribution in [0.25, 0.3) is 0 Å². The lowest BCUT2D eigenvalue weighted by Crippen LogP contribution is -2.60. The first-order chi connectivity index (χ1) is 23.5. The fraction of sp³-hybridized carbons (Fsp3) is 0.649. The van der Waals surface area contributed by atoms with Crippen LogP contribution in [0.4, 0.5) is 4.79 Å². The van der Waals surface area contributed by atoms with E-state index in [1.54, 1.807) is 92.9 Å². The van der Waals surface area contributed by atoms with Gasteiger partial charge in [0.1, 0.15) is 23.7 Å². The van der Waals surface area contributed by atoms with Crippen molar-refractivity contribution in [2.45, 2.75) is 105 Å². The van der Waals surface area contributed by atoms with E-state index in [1.165, 1.54) is 9.80 Å². The number of alkyl carbamates (subject to hydrolysis) is 1. The maximum atomic E-state index is 14.1. The average Bonchev–Trinajstić information content (AvgIpc) is 3.33. The maximum absolute atomic E-state index is 14.1. The zero-order valence-corrected chi connectivity index (χ0v) is 31.8. The van der Waals surface area contributed by atoms with Crippen LogP contribution < -0.4 is 21.3 Å². The molecule has 0 bridgehead atoms. The SMILES string of the molecule is CCCC(NC(=O)C1[C@@H]2[C@H](CN1C(=O)[C@@H](NC(=O)OC(C)(C)C)C(C)(C)C)C2(C)C)C(=O)C(=O)NCC(=O)N[C@H](C(=O)N(C)C)c1ccccc1. The second-order valence-electron chi connectivity index (χ2n) is 16.4. The standard InChI is InChI=1S/C37H56N6O8/c1-12-16-23(28(45)31(47)38-19-24(44)40-26(32(48)42(10)11)21-17-14-13-15-18-21)39-30(46)27-25-22(37(25,8)9)20-43(27)33(49)29(35(2,3)4)41-34(50)51-36(5,6)7/h13-15,17-18,22-23,25-27,29H,12,16,19-20H2,1-11H3,(H,38,47)(H,39,46)(H,40,44)(H,41,50)/t22-,23?,25-,26-,27?,29+/m0/s1. The Morgan fingerprint density at radius 3 is 2.08 bits per heavy atom. The van der Waals surface area contributed by atoms with Crippen molar-refractivity contribution in [3.05, 3.63) is 35.9 Å². The molecule has 6 amide bonds. The molecule has 282 valence electrons. The van der Waals surface area contributed by atoms with Crippen LogP contribution in [0.2, 0.25) is 0 Å². The minimum absolute atomic E-state index is 0.0283. The van der Waals surface area contributed by atoms with Crippen LogP contribution in [-0.4, -0.2) is 102 Å². The number of benzene rings is 1. The smallest absolute Gasteiger partial charge is 0.408 e. The Kier molecular flexibility index (Phi) is 12.7. The molecule has 0 aromatic heterocycles. The van der Waals surface area contributed by atoms with Crippen molar-refractivity contribution < 1.29 is 38.3 Å². The molecule has 14 nitrogen and oxygen atoms in total. The highest BCUT2D eigenvalue weighted by Gasteiger charge is 2.70. The van der Waals surface area contributed by atoms with Gasteiger partial charge in [0, 0.05) is 20.6 Å². The Morgan fingerprint density at radius 2 is 1.55 bits per heavy atom. The van der Waals surface area contributed by atoms with Gasteiger partial charge < -0.3 is 35.8 Å². The number of likely N-dealkylation sites (N-methyl/N-ethyl adjacent to an activating group) is 1. The van der Waals surface area contributed by atoms with Crippen LogP contribution in [0.15, 0.2) is 30.3 Å². The zero-order chi connectivity index (χ0) is 38.6. The third kappa shape index (κ3) is 10.1. The third-order valence-corrected chi connectivity index (χ3v) is 9.50. The number of Topliss-reactive ketones (excluding diaryl/α,β-unsaturated/α-hetero) is 1. The number of rotatable bonds is 13. The number of ether oxygens (including phenoxy) is 1. The van der Waals surface area contributed by atoms with Crippen LogP contribution in [0.5, 0.6) is 0 Å². The van der Waals surface area contributed by atoms with Gasteiger partial charge in [0.2, 0.25) is 29.4 Å². The highest BCUT2D eigenvalue weighted by Crippen LogP contribution is 2.65. The summed E-state index contributed by atoms with van der Waals surface area (Å²) in [6.07, 6.45) is -0.164. The first-order valence-corrected chi connectivity index (χ1v) is 17.5. The van der Waals surface area contributed by atoms with Crippen LogP contribution >= 0.6 is 0 Å². The number of hydrogen-bond acceptors (Lipinski definition) is 8. The van der Waals surface area contributed by atoms with Crippen LogP contribution in [0.1, 0.15) is 86.8 Å². The number of amides is 6. The number of nitrogens with zero attached hydrogens (tertiary/aromatic N) is 2. The third-order valence-electron chi connectivity index (χ3n) is 9.50. The molecule has 1 aliphatic carbocycles. The van der Waals surface area contributed by atoms with Gasteiger partial charge in [0.15, 0.2) is 0 Å². The Balaban J connectivity index is 1.73. The zero-order valence-electron chi connectivity index (χ0n) is 31.8. The quantitative estimate of drug-likeness (QED) is 0.225. The molecule has 51 heavy (non-hydrogen) atoms. The Morgan fingerprint density at radius 1 is 0.941 bits per heavy atom. The molecule has 3 rings (SSSR count). The Bertz CT molecular complexity index is 1500. The largest absolute Gasteiger partial charge is 0.444 e. The van der Waals surface area contributed by atoms with Crippen molar-refractivity contribution in [1.29, 1.82) is 0 Å². The van der Waals surface area contributed by atoms with E-state index in [2.05, 4.69) is 21.3 Å². The molecular weight excluding hydrogens is 656 g/mol. The number of carbonyl (C=O) groups excluding carboxylic acids is 7. The summed E-state index contributed by atoms with van der Waals surface area (Å²) in [4.78, 5) is 95.7. The van der Waals surface area contributed by atoms with Gasteiger partial charge in [-0.05, 0) is 55.4 Å². The van der Waals surface area contributed by atoms with Crippen molar-refractivity contribution in [2.24, 2.45) is 22.7 Å². The highest BCUT2D eigenvalue weighted by molar-refractivity contribution is 6.38. The van der Waals surface area contributed by atoms with Crippen LogP contribution in [-0.2, 0) is 33.5 Å². The predicted molar refractivity (Wildman–Crippen MR) is 190 cm³/mol. The Hall–Kier alpha value is -4.49. The molecule has 2 aliphatic rings. The van der Waals surface area contributed by atoms with Gasteiger partial charge in [-0.25, -0.2) is 4.79 Å². The van der Waals surface area contributed by atoms with Crippen LogP contribution in [0, 0.1) is 22.7 Å². The lowest BCUT2D eigenvalue weighted by Gasteiger charge is -2.38. The molecule has 1 saturated carbocycles. The van der Waals surface area contributed by atoms with Gasteiger partial charge in [-0.1, -0.05) is 78.3 Å². The fourth-order valence-corrected chi connectivity index (χ4v) is 6.68. The first-order valence-electron chi connectivity index (χ1n) is 17.5. The molecule has 1 saturated heterocycles. The second-order valence-corrected chi connectivity index (χ2v) is 16.4. The van der Waals surface area contributed by atoms with Gasteiger partial charge in [0.05, 0.1) is 12.6 Å². The summed E-state index contributed by atoms with van der Waals surface area (Å²) in [5.74, 6) is -4.26. The van der Waals surface area contributed by atoms with E-state index < -0.39 is 77.2 Å². The molecule has 2 fully saturated rings. The van der Waals surface area contributed by atoms with Gasteiger partial charge >= 0.3 is 6.09 Å². The van der Waals surface area contributed by atoms with Crippen molar-refractivity contribution in [3.8, 4) is 0 Å². The summed E-state index contributed by atoms with van der Waals surface area (Å²) in [5, 5.41) is 10.4. The molecule has 1 aliphatic heterocycles. The maximum Gasteiger partial charge on any atom is 0.408 e. The number of fused-ring (bicyclic) bond motifs is 1. The molecule has 1 aromatic carbocycles. The van der Waals surface area contributed by atoms with Crippen molar-refractivity contribution >= 4 is 41.4 Å². The minimum Gasteiger partial charge on any atom is -0.444 e. The van der Waals surface area contributed by atoms with E-state index in [0.29, 0.717) is 18.5 Å². The van der Waals surface area contributed by atoms with E-state index in [1.807, 2.05) is 13.8 Å². The second kappa shape index (κ2) is 15.8. The van der Waals surface area contributed by atoms with Gasteiger partial charge in [0.25, 0.3) is 5.91 Å². The van der Waals surface area contributed by atoms with Crippen molar-refractivity contribution in [3.63, 3.8) is 0 Å². The summed E-state index contributed by atoms with van der Waals surface area (Å²) in [7, 11) is 3.12. The molecule has 1 aromatic rings. The molecule has 6 atom stereocenters. The number of piperidine rings is 1. The van der Waals surface area contributed by atoms with E-state index in [0.717, 1.165) is 0 Å². The van der Waals surface area contributed by atoms with Gasteiger partial charge in [-0.2, -0.15) is 0 Å². The molecular formula is C37H56N6O8. The summed E-state index contributed by atoms with van der Waals surface area (Å²) >= 11 is 0. The van der Waals surface area contributed by atoms with E-state index >= 15 is 0 Å². The summed E-state index contributed by atoms with van der Waals surface area (Å²) < 4.78 is 5.42. The molecule has 2 unspecified atom stereocenters. The lowest BCUT2D eigenvalue weighted by molar-refractivity contribution is -0.145. The lowest BCUT2D eigenvalue weighted by atomic mass is 9.85. The summed E-state index contributed by atoms with van der Waals surface area (Å²) in [6, 6.07) is 4.46. The van der Waals surface area contributed by atoms with Crippen molar-refractivity contribution in [1.82, 2.24) is 31.1 Å². The first kappa shape index (κ1) is 40.9. The highest BCUT2D eigenvalue weighted by atomic mass is 16.6. The molecule has 14 heteroatoms. The van der Waals surface area contributed by atoms with Gasteiger partial charge in [-0.15, -0.1) is 0 Å². The number of nitrogens with one attached hydrogen (secondary N) is 4. The molecule has 0 radical (unpaired) electrons. The summed E-state index contributed by atoms with van der Waals surface area (Å²) in [6.45, 7) is 16.1. The number of carbonyl (C=O) groups is 7. The molecule has 1 heterocycles. The average molecular weight is 713 g/mol. The predicted octanol–water partition coefficient (Wildman–Crippen LogP) is 2.32. The van der Waals surface area contributed by atoms with E-state index in [-0.39, 0.29) is 29.6 Å². The minimum atomic E-state index is -1.21. The van der Waals surface area contributed by atoms with E-state index in [9.17, 15) is 33.6 Å².